The fourth-order valence-electron chi connectivity index (χ4n) is 4.22. The summed E-state index contributed by atoms with van der Waals surface area (Å²) in [5.74, 6) is -0.104. The number of carbonyl (C=O) groups excluding carboxylic acids is 2. The molecule has 0 radical (unpaired) electrons. The minimum absolute atomic E-state index is 0.150. The molecule has 3 heterocycles. The van der Waals surface area contributed by atoms with Crippen LogP contribution >= 0.6 is 34.4 Å². The molecule has 2 aromatic carbocycles. The second kappa shape index (κ2) is 11.8. The number of hydrogen-bond acceptors (Lipinski definition) is 7. The van der Waals surface area contributed by atoms with E-state index in [4.69, 9.17) is 0 Å². The zero-order valence-electron chi connectivity index (χ0n) is 19.9. The smallest absolute Gasteiger partial charge is 0.265 e. The van der Waals surface area contributed by atoms with Gasteiger partial charge in [-0.25, -0.2) is 0 Å². The number of thioether (sulfide) groups is 1. The molecule has 0 saturated heterocycles. The first-order valence-electron chi connectivity index (χ1n) is 11.8. The number of amides is 2. The second-order valence-electron chi connectivity index (χ2n) is 8.56. The van der Waals surface area contributed by atoms with Crippen LogP contribution < -0.4 is 10.6 Å². The summed E-state index contributed by atoms with van der Waals surface area (Å²) in [6.07, 6.45) is 0.802. The third-order valence-corrected chi connectivity index (χ3v) is 8.95. The van der Waals surface area contributed by atoms with Gasteiger partial charge in [-0.15, -0.1) is 34.4 Å². The van der Waals surface area contributed by atoms with E-state index in [0.29, 0.717) is 21.1 Å². The Morgan fingerprint density at radius 1 is 1.05 bits per heavy atom. The minimum atomic E-state index is -0.158. The molecule has 0 bridgehead atoms. The normalized spacial score (nSPS) is 12.9. The summed E-state index contributed by atoms with van der Waals surface area (Å²) in [6, 6.07) is 23.7. The molecule has 0 saturated carbocycles. The maximum absolute atomic E-state index is 12.8. The standard InChI is InChI=1S/C28H24N4O2S3/c29-15-23-22-11-12-32(16-19-6-2-1-3-7-19)17-25(22)37-28(23)31-26(33)18-36-21-9-4-8-20(14-21)30-27(34)24-10-5-13-35-24/h1-10,13-14H,11-12,16-18H2,(H,30,34)(H,31,33). The maximum Gasteiger partial charge on any atom is 0.265 e. The molecule has 186 valence electrons. The van der Waals surface area contributed by atoms with Gasteiger partial charge in [-0.3, -0.25) is 14.5 Å². The monoisotopic (exact) mass is 544 g/mol. The summed E-state index contributed by atoms with van der Waals surface area (Å²) in [5.41, 5.74) is 3.61. The number of nitrogens with zero attached hydrogens (tertiary/aromatic N) is 2. The van der Waals surface area contributed by atoms with Crippen molar-refractivity contribution >= 4 is 56.9 Å². The highest BCUT2D eigenvalue weighted by molar-refractivity contribution is 8.00. The van der Waals surface area contributed by atoms with Gasteiger partial charge in [-0.1, -0.05) is 42.5 Å². The van der Waals surface area contributed by atoms with E-state index in [9.17, 15) is 14.9 Å². The quantitative estimate of drug-likeness (QED) is 0.257. The van der Waals surface area contributed by atoms with Crippen LogP contribution in [0.3, 0.4) is 0 Å². The van der Waals surface area contributed by atoms with Crippen LogP contribution in [0.2, 0.25) is 0 Å². The number of carbonyl (C=O) groups is 2. The van der Waals surface area contributed by atoms with Crippen molar-refractivity contribution in [2.45, 2.75) is 24.4 Å². The van der Waals surface area contributed by atoms with Crippen molar-refractivity contribution in [2.75, 3.05) is 22.9 Å². The van der Waals surface area contributed by atoms with Gasteiger partial charge in [0, 0.05) is 35.1 Å². The number of nitrogens with one attached hydrogen (secondary N) is 2. The average Bonchev–Trinajstić information content (AvgIpc) is 3.56. The number of rotatable bonds is 8. The molecule has 9 heteroatoms. The van der Waals surface area contributed by atoms with Crippen LogP contribution in [0.15, 0.2) is 77.0 Å². The van der Waals surface area contributed by atoms with E-state index < -0.39 is 0 Å². The summed E-state index contributed by atoms with van der Waals surface area (Å²) in [7, 11) is 0. The van der Waals surface area contributed by atoms with Crippen LogP contribution in [0.5, 0.6) is 0 Å². The van der Waals surface area contributed by atoms with E-state index in [1.807, 2.05) is 53.9 Å². The number of benzene rings is 2. The van der Waals surface area contributed by atoms with Crippen molar-refractivity contribution in [1.29, 1.82) is 5.26 Å². The molecule has 5 rings (SSSR count). The zero-order valence-corrected chi connectivity index (χ0v) is 22.3. The first-order valence-corrected chi connectivity index (χ1v) is 14.5. The fraction of sp³-hybridized carbons (Fsp3) is 0.179. The molecule has 0 spiro atoms. The van der Waals surface area contributed by atoms with Gasteiger partial charge in [0.2, 0.25) is 5.91 Å². The predicted molar refractivity (Wildman–Crippen MR) is 151 cm³/mol. The number of hydrogen-bond donors (Lipinski definition) is 2. The average molecular weight is 545 g/mol. The summed E-state index contributed by atoms with van der Waals surface area (Å²) in [4.78, 5) is 30.1. The third-order valence-electron chi connectivity index (χ3n) is 5.96. The molecule has 2 N–H and O–H groups in total. The zero-order chi connectivity index (χ0) is 25.6. The van der Waals surface area contributed by atoms with Crippen molar-refractivity contribution in [3.8, 4) is 6.07 Å². The van der Waals surface area contributed by atoms with Gasteiger partial charge in [0.05, 0.1) is 16.2 Å². The Balaban J connectivity index is 1.18. The Morgan fingerprint density at radius 3 is 2.70 bits per heavy atom. The molecule has 0 unspecified atom stereocenters. The summed E-state index contributed by atoms with van der Waals surface area (Å²) >= 11 is 4.28. The molecule has 4 aromatic rings. The Labute approximate surface area is 227 Å². The maximum atomic E-state index is 12.8. The SMILES string of the molecule is N#Cc1c(NC(=O)CSc2cccc(NC(=O)c3cccs3)c2)sc2c1CCN(Cc1ccccc1)C2. The van der Waals surface area contributed by atoms with E-state index in [2.05, 4.69) is 33.7 Å². The lowest BCUT2D eigenvalue weighted by Crippen LogP contribution is -2.29. The molecule has 6 nitrogen and oxygen atoms in total. The topological polar surface area (TPSA) is 85.2 Å². The van der Waals surface area contributed by atoms with Crippen molar-refractivity contribution < 1.29 is 9.59 Å². The van der Waals surface area contributed by atoms with E-state index in [0.717, 1.165) is 41.4 Å². The molecule has 1 aliphatic rings. The van der Waals surface area contributed by atoms with E-state index in [1.54, 1.807) is 6.07 Å². The summed E-state index contributed by atoms with van der Waals surface area (Å²) in [6.45, 7) is 2.53. The molecule has 0 aliphatic carbocycles. The Kier molecular flexibility index (Phi) is 8.02. The van der Waals surface area contributed by atoms with Crippen molar-refractivity contribution in [2.24, 2.45) is 0 Å². The Bertz CT molecular complexity index is 1440. The highest BCUT2D eigenvalue weighted by Gasteiger charge is 2.25. The van der Waals surface area contributed by atoms with E-state index in [-0.39, 0.29) is 17.6 Å². The predicted octanol–water partition coefficient (Wildman–Crippen LogP) is 6.22. The van der Waals surface area contributed by atoms with Crippen molar-refractivity contribution in [3.05, 3.63) is 98.6 Å². The summed E-state index contributed by atoms with van der Waals surface area (Å²) in [5, 5.41) is 18.2. The molecule has 1 aliphatic heterocycles. The highest BCUT2D eigenvalue weighted by Crippen LogP contribution is 2.37. The molecular weight excluding hydrogens is 521 g/mol. The molecular formula is C28H24N4O2S3. The minimum Gasteiger partial charge on any atom is -0.321 e. The molecule has 2 aromatic heterocycles. The van der Waals surface area contributed by atoms with Gasteiger partial charge in [0.25, 0.3) is 5.91 Å². The highest BCUT2D eigenvalue weighted by atomic mass is 32.2. The van der Waals surface area contributed by atoms with Crippen LogP contribution in [0.4, 0.5) is 10.7 Å². The number of nitriles is 1. The van der Waals surface area contributed by atoms with Gasteiger partial charge in [-0.2, -0.15) is 5.26 Å². The van der Waals surface area contributed by atoms with E-state index >= 15 is 0 Å². The third kappa shape index (κ3) is 6.29. The van der Waals surface area contributed by atoms with Gasteiger partial charge in [0.15, 0.2) is 0 Å². The molecule has 0 fully saturated rings. The van der Waals surface area contributed by atoms with Crippen LogP contribution in [0.25, 0.3) is 0 Å². The van der Waals surface area contributed by atoms with Gasteiger partial charge < -0.3 is 10.6 Å². The van der Waals surface area contributed by atoms with Crippen molar-refractivity contribution in [3.63, 3.8) is 0 Å². The second-order valence-corrected chi connectivity index (χ2v) is 11.7. The fourth-order valence-corrected chi connectivity index (χ4v) is 6.85. The lowest BCUT2D eigenvalue weighted by molar-refractivity contribution is -0.113. The lowest BCUT2D eigenvalue weighted by atomic mass is 10.0. The van der Waals surface area contributed by atoms with Crippen LogP contribution in [0.1, 0.15) is 31.2 Å². The van der Waals surface area contributed by atoms with Crippen LogP contribution in [0, 0.1) is 11.3 Å². The molecule has 0 atom stereocenters. The van der Waals surface area contributed by atoms with Gasteiger partial charge >= 0.3 is 0 Å². The van der Waals surface area contributed by atoms with Gasteiger partial charge in [0.1, 0.15) is 11.1 Å². The largest absolute Gasteiger partial charge is 0.321 e. The Hall–Kier alpha value is -3.42. The molecule has 2 amide bonds. The number of thiophene rings is 2. The first kappa shape index (κ1) is 25.2. The lowest BCUT2D eigenvalue weighted by Gasteiger charge is -2.26. The van der Waals surface area contributed by atoms with Gasteiger partial charge in [-0.05, 0) is 47.2 Å². The van der Waals surface area contributed by atoms with Crippen LogP contribution in [-0.2, 0) is 24.3 Å². The number of fused-ring (bicyclic) bond motifs is 1. The molecule has 37 heavy (non-hydrogen) atoms. The Morgan fingerprint density at radius 2 is 1.92 bits per heavy atom. The van der Waals surface area contributed by atoms with Crippen LogP contribution in [-0.4, -0.2) is 29.0 Å². The first-order chi connectivity index (χ1) is 18.1. The number of anilines is 2. The van der Waals surface area contributed by atoms with Crippen molar-refractivity contribution in [1.82, 2.24) is 4.90 Å². The van der Waals surface area contributed by atoms with E-state index in [1.165, 1.54) is 40.0 Å². The summed E-state index contributed by atoms with van der Waals surface area (Å²) < 4.78 is 0.